The third-order valence-electron chi connectivity index (χ3n) is 6.61. The van der Waals surface area contributed by atoms with E-state index in [0.29, 0.717) is 23.6 Å². The van der Waals surface area contributed by atoms with E-state index in [0.717, 1.165) is 32.7 Å². The number of carboxylic acid groups (broad SMARTS) is 1. The molecule has 7 heteroatoms. The van der Waals surface area contributed by atoms with E-state index in [4.69, 9.17) is 16.3 Å². The van der Waals surface area contributed by atoms with Gasteiger partial charge in [-0.2, -0.15) is 0 Å². The number of hydrogen-bond donors (Lipinski definition) is 2. The minimum Gasteiger partial charge on any atom is -0.481 e. The zero-order valence-electron chi connectivity index (χ0n) is 19.5. The Morgan fingerprint density at radius 3 is 2.17 bits per heavy atom. The molecule has 0 saturated heterocycles. The van der Waals surface area contributed by atoms with Gasteiger partial charge in [-0.25, -0.2) is 4.79 Å². The zero-order chi connectivity index (χ0) is 25.3. The first-order valence-corrected chi connectivity index (χ1v) is 12.9. The van der Waals surface area contributed by atoms with E-state index in [2.05, 4.69) is 5.32 Å². The molecule has 1 saturated carbocycles. The number of hydrogen-bond acceptors (Lipinski definition) is 4. The number of amides is 1. The second kappa shape index (κ2) is 9.80. The molecule has 3 aromatic carbocycles. The maximum Gasteiger partial charge on any atom is 0.412 e. The number of ether oxygens (including phenoxy) is 1. The number of rotatable bonds is 7. The Hall–Kier alpha value is -3.61. The van der Waals surface area contributed by atoms with E-state index in [9.17, 15) is 14.7 Å². The van der Waals surface area contributed by atoms with Crippen LogP contribution in [0.2, 0.25) is 5.02 Å². The smallest absolute Gasteiger partial charge is 0.412 e. The van der Waals surface area contributed by atoms with Gasteiger partial charge in [0.2, 0.25) is 0 Å². The zero-order valence-corrected chi connectivity index (χ0v) is 21.1. The van der Waals surface area contributed by atoms with E-state index in [1.54, 1.807) is 13.0 Å². The van der Waals surface area contributed by atoms with E-state index in [-0.39, 0.29) is 0 Å². The molecule has 1 amide bonds. The van der Waals surface area contributed by atoms with Gasteiger partial charge in [0.25, 0.3) is 0 Å². The van der Waals surface area contributed by atoms with Crippen molar-refractivity contribution in [2.75, 3.05) is 5.32 Å². The summed E-state index contributed by atoms with van der Waals surface area (Å²) < 4.78 is 5.54. The first kappa shape index (κ1) is 24.1. The summed E-state index contributed by atoms with van der Waals surface area (Å²) >= 11 is 7.75. The molecule has 4 aromatic rings. The lowest BCUT2D eigenvalue weighted by Crippen LogP contribution is -2.19. The maximum atomic E-state index is 12.6. The van der Waals surface area contributed by atoms with Crippen molar-refractivity contribution in [3.63, 3.8) is 0 Å². The van der Waals surface area contributed by atoms with Crippen LogP contribution in [0.4, 0.5) is 10.5 Å². The molecule has 1 aromatic heterocycles. The first-order valence-electron chi connectivity index (χ1n) is 11.6. The summed E-state index contributed by atoms with van der Waals surface area (Å²) in [6, 6.07) is 25.0. The lowest BCUT2D eigenvalue weighted by Gasteiger charge is -2.15. The summed E-state index contributed by atoms with van der Waals surface area (Å²) in [6.07, 6.45) is 0.352. The molecule has 0 spiro atoms. The summed E-state index contributed by atoms with van der Waals surface area (Å²) in [7, 11) is 0. The normalized spacial score (nSPS) is 14.6. The van der Waals surface area contributed by atoms with Crippen molar-refractivity contribution < 1.29 is 19.4 Å². The highest BCUT2D eigenvalue weighted by Crippen LogP contribution is 2.48. The van der Waals surface area contributed by atoms with Crippen molar-refractivity contribution in [1.29, 1.82) is 0 Å². The molecule has 0 radical (unpaired) electrons. The highest BCUT2D eigenvalue weighted by molar-refractivity contribution is 7.14. The van der Waals surface area contributed by atoms with Gasteiger partial charge in [0.05, 0.1) is 16.0 Å². The number of halogens is 1. The van der Waals surface area contributed by atoms with Crippen molar-refractivity contribution in [3.8, 4) is 21.6 Å². The Balaban J connectivity index is 1.27. The molecule has 1 unspecified atom stereocenters. The van der Waals surface area contributed by atoms with E-state index in [1.807, 2.05) is 78.2 Å². The number of carbonyl (C=O) groups is 2. The molecule has 1 fully saturated rings. The van der Waals surface area contributed by atoms with Crippen LogP contribution in [0.5, 0.6) is 0 Å². The van der Waals surface area contributed by atoms with Gasteiger partial charge < -0.3 is 9.84 Å². The molecule has 5 rings (SSSR count). The van der Waals surface area contributed by atoms with Crippen LogP contribution in [0.25, 0.3) is 21.6 Å². The van der Waals surface area contributed by atoms with Gasteiger partial charge in [-0.1, -0.05) is 78.3 Å². The van der Waals surface area contributed by atoms with Crippen LogP contribution in [0.15, 0.2) is 84.2 Å². The number of aliphatic carboxylic acids is 1. The molecule has 1 heterocycles. The summed E-state index contributed by atoms with van der Waals surface area (Å²) in [4.78, 5) is 25.1. The molecule has 1 atom stereocenters. The summed E-state index contributed by atoms with van der Waals surface area (Å²) in [5.74, 6) is -0.748. The second-order valence-corrected chi connectivity index (χ2v) is 10.2. The van der Waals surface area contributed by atoms with Crippen LogP contribution in [0, 0.1) is 0 Å². The predicted molar refractivity (Wildman–Crippen MR) is 144 cm³/mol. The van der Waals surface area contributed by atoms with Gasteiger partial charge in [0.15, 0.2) is 0 Å². The van der Waals surface area contributed by atoms with Gasteiger partial charge in [-0.3, -0.25) is 10.1 Å². The Kier molecular flexibility index (Phi) is 6.56. The Morgan fingerprint density at radius 1 is 0.944 bits per heavy atom. The summed E-state index contributed by atoms with van der Waals surface area (Å²) in [6.45, 7) is 1.78. The molecular formula is C29H24ClNO4S. The SMILES string of the molecule is CC(OC(=O)Nc1ccsc1-c1ccc(-c2ccc(C3(C(=O)O)CC3)cc2)cc1)c1ccccc1Cl. The van der Waals surface area contributed by atoms with Gasteiger partial charge in [0.1, 0.15) is 6.10 Å². The minimum atomic E-state index is -0.748. The molecular weight excluding hydrogens is 494 g/mol. The van der Waals surface area contributed by atoms with E-state index < -0.39 is 23.6 Å². The molecule has 36 heavy (non-hydrogen) atoms. The summed E-state index contributed by atoms with van der Waals surface area (Å²) in [5.41, 5.74) is 4.62. The lowest BCUT2D eigenvalue weighted by molar-refractivity contribution is -0.140. The number of thiophene rings is 1. The average Bonchev–Trinajstić information content (AvgIpc) is 3.58. The van der Waals surface area contributed by atoms with Crippen molar-refractivity contribution in [2.24, 2.45) is 0 Å². The third-order valence-corrected chi connectivity index (χ3v) is 7.91. The van der Waals surface area contributed by atoms with Crippen LogP contribution >= 0.6 is 22.9 Å². The average molecular weight is 518 g/mol. The van der Waals surface area contributed by atoms with Crippen LogP contribution in [0.3, 0.4) is 0 Å². The summed E-state index contributed by atoms with van der Waals surface area (Å²) in [5, 5.41) is 14.8. The lowest BCUT2D eigenvalue weighted by atomic mass is 9.93. The highest BCUT2D eigenvalue weighted by atomic mass is 35.5. The Bertz CT molecular complexity index is 1410. The number of anilines is 1. The topological polar surface area (TPSA) is 75.6 Å². The van der Waals surface area contributed by atoms with Gasteiger partial charge in [-0.15, -0.1) is 11.3 Å². The van der Waals surface area contributed by atoms with Crippen molar-refractivity contribution in [1.82, 2.24) is 0 Å². The number of nitrogens with one attached hydrogen (secondary N) is 1. The molecule has 2 N–H and O–H groups in total. The van der Waals surface area contributed by atoms with Crippen LogP contribution in [-0.2, 0) is 14.9 Å². The van der Waals surface area contributed by atoms with Gasteiger partial charge in [0, 0.05) is 10.6 Å². The quantitative estimate of drug-likeness (QED) is 0.259. The first-order chi connectivity index (χ1) is 17.4. The fraction of sp³-hybridized carbons (Fsp3) is 0.172. The fourth-order valence-electron chi connectivity index (χ4n) is 4.35. The molecule has 0 aliphatic heterocycles. The van der Waals surface area contributed by atoms with E-state index >= 15 is 0 Å². The van der Waals surface area contributed by atoms with Crippen molar-refractivity contribution in [3.05, 3.63) is 100 Å². The van der Waals surface area contributed by atoms with Crippen LogP contribution in [0.1, 0.15) is 37.0 Å². The highest BCUT2D eigenvalue weighted by Gasteiger charge is 2.51. The molecule has 1 aliphatic carbocycles. The standard InChI is InChI=1S/C29H24ClNO4S/c1-18(23-4-2-3-5-24(23)30)35-28(34)31-25-14-17-36-26(25)21-8-6-19(7-9-21)20-10-12-22(13-11-20)29(15-16-29)27(32)33/h2-14,17-18H,15-16H2,1H3,(H,31,34)(H,32,33). The minimum absolute atomic E-state index is 0.489. The molecule has 182 valence electrons. The van der Waals surface area contributed by atoms with Gasteiger partial charge in [-0.05, 0) is 59.5 Å². The van der Waals surface area contributed by atoms with Crippen LogP contribution in [-0.4, -0.2) is 17.2 Å². The maximum absolute atomic E-state index is 12.6. The number of carboxylic acids is 1. The van der Waals surface area contributed by atoms with Crippen molar-refractivity contribution >= 4 is 40.7 Å². The predicted octanol–water partition coefficient (Wildman–Crippen LogP) is 8.16. The molecule has 1 aliphatic rings. The fourth-order valence-corrected chi connectivity index (χ4v) is 5.49. The Labute approximate surface area is 218 Å². The van der Waals surface area contributed by atoms with Gasteiger partial charge >= 0.3 is 12.1 Å². The molecule has 0 bridgehead atoms. The Morgan fingerprint density at radius 2 is 1.56 bits per heavy atom. The second-order valence-electron chi connectivity index (χ2n) is 8.90. The van der Waals surface area contributed by atoms with Crippen LogP contribution < -0.4 is 5.32 Å². The monoisotopic (exact) mass is 517 g/mol. The number of benzene rings is 3. The largest absolute Gasteiger partial charge is 0.481 e. The van der Waals surface area contributed by atoms with E-state index in [1.165, 1.54) is 11.3 Å². The molecule has 5 nitrogen and oxygen atoms in total. The third kappa shape index (κ3) is 4.74. The van der Waals surface area contributed by atoms with Crippen molar-refractivity contribution in [2.45, 2.75) is 31.3 Å². The number of carbonyl (C=O) groups excluding carboxylic acids is 1.